The number of Topliss-reactive ketones (excluding diaryl/α,β-unsaturated/α-hetero) is 4. The Hall–Kier alpha value is -2.24. The van der Waals surface area contributed by atoms with Crippen molar-refractivity contribution in [1.82, 2.24) is 0 Å². The second kappa shape index (κ2) is 7.20. The smallest absolute Gasteiger partial charge is 0.211 e. The summed E-state index contributed by atoms with van der Waals surface area (Å²) in [5, 5.41) is 20.2. The molecule has 6 rings (SSSR count). The number of hydrogen-bond donors (Lipinski definition) is 2. The van der Waals surface area contributed by atoms with Crippen molar-refractivity contribution in [2.45, 2.75) is 81.1 Å². The molecule has 2 N–H and O–H groups in total. The maximum atomic E-state index is 12.8. The molecular weight excluding hydrogens is 456 g/mol. The van der Waals surface area contributed by atoms with Gasteiger partial charge in [-0.05, 0) is 85.2 Å². The maximum Gasteiger partial charge on any atom is 0.211 e. The molecule has 6 aliphatic carbocycles. The lowest BCUT2D eigenvalue weighted by atomic mass is 9.66. The van der Waals surface area contributed by atoms with Crippen LogP contribution in [0.1, 0.15) is 81.1 Å². The molecule has 0 heterocycles. The highest BCUT2D eigenvalue weighted by molar-refractivity contribution is 6.21. The van der Waals surface area contributed by atoms with Gasteiger partial charge in [0.05, 0.1) is 0 Å². The molecular formula is C30H40O6. The number of allylic oxidation sites excluding steroid dienone is 4. The topological polar surface area (TPSA) is 109 Å². The Labute approximate surface area is 213 Å². The summed E-state index contributed by atoms with van der Waals surface area (Å²) in [6, 6.07) is 0. The van der Waals surface area contributed by atoms with E-state index in [4.69, 9.17) is 0 Å². The van der Waals surface area contributed by atoms with Gasteiger partial charge in [-0.25, -0.2) is 0 Å². The summed E-state index contributed by atoms with van der Waals surface area (Å²) < 4.78 is 0. The SMILES string of the molecule is CC1=C(O)C(=O)[C@@]23C(=O)[C@@H]1C(C)(C)[C@@H]2CC[C@H]3C.CC1=C(O)C(=O)[C@]23C(=O)[C@H]1C(C)(C)[C@H]2CC[C@H]3C. The first kappa shape index (κ1) is 25.4. The molecule has 4 saturated carbocycles. The molecule has 36 heavy (non-hydrogen) atoms. The first-order chi connectivity index (χ1) is 16.5. The minimum absolute atomic E-state index is 0.0574. The van der Waals surface area contributed by atoms with E-state index in [9.17, 15) is 29.4 Å². The quantitative estimate of drug-likeness (QED) is 0.440. The third-order valence-electron chi connectivity index (χ3n) is 11.8. The Kier molecular flexibility index (Phi) is 5.08. The summed E-state index contributed by atoms with van der Waals surface area (Å²) in [5.41, 5.74) is -1.10. The minimum Gasteiger partial charge on any atom is -0.504 e. The molecule has 6 nitrogen and oxygen atoms in total. The normalized spacial score (nSPS) is 45.7. The molecule has 6 aliphatic rings. The molecule has 0 radical (unpaired) electrons. The number of aliphatic hydroxyl groups is 2. The van der Waals surface area contributed by atoms with Gasteiger partial charge in [0.1, 0.15) is 10.8 Å². The molecule has 0 aromatic carbocycles. The molecule has 0 amide bonds. The summed E-state index contributed by atoms with van der Waals surface area (Å²) in [7, 11) is 0. The fourth-order valence-electron chi connectivity index (χ4n) is 10.3. The molecule has 196 valence electrons. The van der Waals surface area contributed by atoms with Gasteiger partial charge in [0.25, 0.3) is 0 Å². The second-order valence-corrected chi connectivity index (χ2v) is 13.8. The van der Waals surface area contributed by atoms with E-state index in [0.717, 1.165) is 25.7 Å². The lowest BCUT2D eigenvalue weighted by Gasteiger charge is -2.33. The van der Waals surface area contributed by atoms with Gasteiger partial charge in [-0.1, -0.05) is 41.5 Å². The van der Waals surface area contributed by atoms with Crippen LogP contribution in [-0.2, 0) is 19.2 Å². The number of carbonyl (C=O) groups excluding carboxylic acids is 4. The summed E-state index contributed by atoms with van der Waals surface area (Å²) in [4.78, 5) is 50.8. The molecule has 2 spiro atoms. The van der Waals surface area contributed by atoms with Crippen LogP contribution in [0.4, 0.5) is 0 Å². The molecule has 6 heteroatoms. The highest BCUT2D eigenvalue weighted by atomic mass is 16.3. The summed E-state index contributed by atoms with van der Waals surface area (Å²) in [5.74, 6) is -0.994. The zero-order valence-corrected chi connectivity index (χ0v) is 22.8. The molecule has 4 fully saturated rings. The third-order valence-corrected chi connectivity index (χ3v) is 11.8. The van der Waals surface area contributed by atoms with E-state index >= 15 is 0 Å². The molecule has 0 aromatic rings. The first-order valence-corrected chi connectivity index (χ1v) is 13.5. The Morgan fingerprint density at radius 1 is 0.611 bits per heavy atom. The van der Waals surface area contributed by atoms with Crippen LogP contribution >= 0.6 is 0 Å². The average Bonchev–Trinajstić information content (AvgIpc) is 3.41. The molecule has 4 bridgehead atoms. The monoisotopic (exact) mass is 496 g/mol. The van der Waals surface area contributed by atoms with Gasteiger partial charge < -0.3 is 10.2 Å². The van der Waals surface area contributed by atoms with Gasteiger partial charge in [0.15, 0.2) is 23.1 Å². The van der Waals surface area contributed by atoms with Gasteiger partial charge >= 0.3 is 0 Å². The van der Waals surface area contributed by atoms with E-state index < -0.39 is 10.8 Å². The Morgan fingerprint density at radius 3 is 1.22 bits per heavy atom. The van der Waals surface area contributed by atoms with Crippen LogP contribution in [-0.4, -0.2) is 33.3 Å². The van der Waals surface area contributed by atoms with Gasteiger partial charge in [-0.15, -0.1) is 0 Å². The van der Waals surface area contributed by atoms with Crippen molar-refractivity contribution < 1.29 is 29.4 Å². The van der Waals surface area contributed by atoms with E-state index in [1.807, 2.05) is 13.8 Å². The Bertz CT molecular complexity index is 1090. The van der Waals surface area contributed by atoms with Crippen LogP contribution in [0.25, 0.3) is 0 Å². The van der Waals surface area contributed by atoms with E-state index in [1.54, 1.807) is 13.8 Å². The molecule has 8 atom stereocenters. The van der Waals surface area contributed by atoms with Gasteiger partial charge in [0.2, 0.25) is 11.6 Å². The number of carbonyl (C=O) groups is 4. The zero-order valence-electron chi connectivity index (χ0n) is 22.8. The largest absolute Gasteiger partial charge is 0.504 e. The fourth-order valence-corrected chi connectivity index (χ4v) is 10.3. The van der Waals surface area contributed by atoms with Crippen molar-refractivity contribution in [2.75, 3.05) is 0 Å². The van der Waals surface area contributed by atoms with Crippen LogP contribution in [0, 0.1) is 57.2 Å². The number of hydrogen-bond acceptors (Lipinski definition) is 6. The van der Waals surface area contributed by atoms with Gasteiger partial charge in [-0.2, -0.15) is 0 Å². The second-order valence-electron chi connectivity index (χ2n) is 13.8. The van der Waals surface area contributed by atoms with Crippen molar-refractivity contribution in [2.24, 2.45) is 57.2 Å². The van der Waals surface area contributed by atoms with Crippen molar-refractivity contribution in [1.29, 1.82) is 0 Å². The number of fused-ring (bicyclic) bond motifs is 2. The van der Waals surface area contributed by atoms with Crippen molar-refractivity contribution in [3.05, 3.63) is 22.7 Å². The van der Waals surface area contributed by atoms with E-state index in [1.165, 1.54) is 0 Å². The van der Waals surface area contributed by atoms with Gasteiger partial charge in [-0.3, -0.25) is 19.2 Å². The van der Waals surface area contributed by atoms with E-state index in [0.29, 0.717) is 11.1 Å². The predicted molar refractivity (Wildman–Crippen MR) is 134 cm³/mol. The summed E-state index contributed by atoms with van der Waals surface area (Å²) in [6.45, 7) is 15.8. The van der Waals surface area contributed by atoms with Crippen molar-refractivity contribution >= 4 is 23.1 Å². The molecule has 0 unspecified atom stereocenters. The number of aliphatic hydroxyl groups excluding tert-OH is 2. The van der Waals surface area contributed by atoms with Crippen molar-refractivity contribution in [3.8, 4) is 0 Å². The van der Waals surface area contributed by atoms with Crippen LogP contribution in [0.5, 0.6) is 0 Å². The number of rotatable bonds is 0. The third kappa shape index (κ3) is 2.41. The predicted octanol–water partition coefficient (Wildman–Crippen LogP) is 5.32. The highest BCUT2D eigenvalue weighted by Gasteiger charge is 2.75. The van der Waals surface area contributed by atoms with E-state index in [2.05, 4.69) is 27.7 Å². The maximum absolute atomic E-state index is 12.8. The highest BCUT2D eigenvalue weighted by Crippen LogP contribution is 2.70. The Morgan fingerprint density at radius 2 is 0.917 bits per heavy atom. The van der Waals surface area contributed by atoms with Crippen LogP contribution in [0.3, 0.4) is 0 Å². The standard InChI is InChI=1S/2C15H20O3/c2*1-7-5-6-9-14(3,4)10-8(2)11(16)13(18)15(7,9)12(10)17/h2*7,9-10,16H,5-6H2,1-4H3/t7-,9+,10-,15-;7-,9-,10+,15+/m11/s1. The Balaban J connectivity index is 0.000000148. The molecule has 0 aromatic heterocycles. The average molecular weight is 497 g/mol. The van der Waals surface area contributed by atoms with Crippen LogP contribution < -0.4 is 0 Å². The molecule has 0 saturated heterocycles. The van der Waals surface area contributed by atoms with Gasteiger partial charge in [0, 0.05) is 11.8 Å². The zero-order chi connectivity index (χ0) is 26.9. The van der Waals surface area contributed by atoms with Crippen LogP contribution in [0.15, 0.2) is 22.7 Å². The van der Waals surface area contributed by atoms with E-state index in [-0.39, 0.29) is 81.0 Å². The lowest BCUT2D eigenvalue weighted by Crippen LogP contribution is -2.47. The first-order valence-electron chi connectivity index (χ1n) is 13.5. The summed E-state index contributed by atoms with van der Waals surface area (Å²) in [6.07, 6.45) is 3.65. The van der Waals surface area contributed by atoms with Crippen molar-refractivity contribution in [3.63, 3.8) is 0 Å². The molecule has 0 aliphatic heterocycles. The van der Waals surface area contributed by atoms with Crippen LogP contribution in [0.2, 0.25) is 0 Å². The fraction of sp³-hybridized carbons (Fsp3) is 0.733. The lowest BCUT2D eigenvalue weighted by molar-refractivity contribution is -0.145. The minimum atomic E-state index is -0.919. The summed E-state index contributed by atoms with van der Waals surface area (Å²) >= 11 is 0. The number of ketones is 4.